The van der Waals surface area contributed by atoms with E-state index in [-0.39, 0.29) is 12.5 Å². The normalized spacial score (nSPS) is 9.82. The summed E-state index contributed by atoms with van der Waals surface area (Å²) in [6.45, 7) is -0.110. The largest absolute Gasteiger partial charge is 0.468 e. The summed E-state index contributed by atoms with van der Waals surface area (Å²) in [6.07, 6.45) is 0. The summed E-state index contributed by atoms with van der Waals surface area (Å²) >= 11 is 3.26. The van der Waals surface area contributed by atoms with E-state index >= 15 is 0 Å². The molecule has 0 fully saturated rings. The van der Waals surface area contributed by atoms with Crippen LogP contribution in [0, 0.1) is 0 Å². The maximum absolute atomic E-state index is 12.0. The van der Waals surface area contributed by atoms with Crippen molar-refractivity contribution in [3.05, 3.63) is 28.2 Å². The van der Waals surface area contributed by atoms with Gasteiger partial charge in [-0.05, 0) is 18.2 Å². The fourth-order valence-corrected chi connectivity index (χ4v) is 1.61. The Morgan fingerprint density at radius 3 is 2.71 bits per heavy atom. The van der Waals surface area contributed by atoms with Gasteiger partial charge in [-0.2, -0.15) is 0 Å². The maximum Gasteiger partial charge on any atom is 0.325 e. The Bertz CT molecular complexity index is 448. The predicted molar refractivity (Wildman–Crippen MR) is 67.5 cm³/mol. The lowest BCUT2D eigenvalue weighted by atomic mass is 10.1. The van der Waals surface area contributed by atoms with Crippen LogP contribution >= 0.6 is 15.9 Å². The van der Waals surface area contributed by atoms with E-state index in [0.717, 1.165) is 4.47 Å². The summed E-state index contributed by atoms with van der Waals surface area (Å²) in [5.74, 6) is -0.802. The molecule has 0 saturated carbocycles. The Morgan fingerprint density at radius 2 is 2.12 bits per heavy atom. The lowest BCUT2D eigenvalue weighted by Gasteiger charge is -2.16. The van der Waals surface area contributed by atoms with E-state index < -0.39 is 5.97 Å². The number of halogens is 1. The van der Waals surface area contributed by atoms with Crippen LogP contribution in [0.5, 0.6) is 0 Å². The molecule has 0 aliphatic carbocycles. The number of methoxy groups -OCH3 is 1. The number of nitrogens with two attached hydrogens (primary N) is 1. The van der Waals surface area contributed by atoms with Crippen LogP contribution in [0.15, 0.2) is 22.7 Å². The van der Waals surface area contributed by atoms with Gasteiger partial charge in [-0.1, -0.05) is 15.9 Å². The zero-order chi connectivity index (χ0) is 13.0. The van der Waals surface area contributed by atoms with Crippen LogP contribution in [0.3, 0.4) is 0 Å². The van der Waals surface area contributed by atoms with Gasteiger partial charge in [0.15, 0.2) is 0 Å². The lowest BCUT2D eigenvalue weighted by molar-refractivity contribution is -0.141. The van der Waals surface area contributed by atoms with Gasteiger partial charge in [0.2, 0.25) is 0 Å². The second-order valence-corrected chi connectivity index (χ2v) is 4.38. The van der Waals surface area contributed by atoms with E-state index in [1.54, 1.807) is 18.2 Å². The van der Waals surface area contributed by atoms with Gasteiger partial charge in [-0.25, -0.2) is 0 Å². The third-order valence-electron chi connectivity index (χ3n) is 2.19. The molecule has 0 aliphatic rings. The highest BCUT2D eigenvalue weighted by Gasteiger charge is 2.17. The molecule has 2 N–H and O–H groups in total. The molecule has 0 saturated heterocycles. The molecule has 6 heteroatoms. The van der Waals surface area contributed by atoms with Gasteiger partial charge >= 0.3 is 5.97 Å². The highest BCUT2D eigenvalue weighted by atomic mass is 79.9. The number of likely N-dealkylation sites (N-methyl/N-ethyl adjacent to an activating group) is 1. The number of anilines is 1. The fourth-order valence-electron chi connectivity index (χ4n) is 1.25. The van der Waals surface area contributed by atoms with E-state index in [0.29, 0.717) is 11.3 Å². The van der Waals surface area contributed by atoms with E-state index in [9.17, 15) is 9.59 Å². The summed E-state index contributed by atoms with van der Waals surface area (Å²) in [6, 6.07) is 4.99. The van der Waals surface area contributed by atoms with Crippen LogP contribution in [0.4, 0.5) is 5.69 Å². The Kier molecular flexibility index (Phi) is 4.51. The Balaban J connectivity index is 2.88. The first-order valence-electron chi connectivity index (χ1n) is 4.83. The van der Waals surface area contributed by atoms with Crippen molar-refractivity contribution in [2.24, 2.45) is 0 Å². The van der Waals surface area contributed by atoms with Crippen LogP contribution in [0.25, 0.3) is 0 Å². The van der Waals surface area contributed by atoms with Crippen molar-refractivity contribution in [2.75, 3.05) is 26.4 Å². The zero-order valence-corrected chi connectivity index (χ0v) is 11.2. The van der Waals surface area contributed by atoms with Gasteiger partial charge in [-0.3, -0.25) is 9.59 Å². The average Bonchev–Trinajstić information content (AvgIpc) is 2.31. The summed E-state index contributed by atoms with van der Waals surface area (Å²) < 4.78 is 5.24. The molecule has 0 aromatic heterocycles. The number of carbonyl (C=O) groups is 2. The first-order chi connectivity index (χ1) is 7.95. The molecule has 1 aromatic carbocycles. The standard InChI is InChI=1S/C11H13BrN2O3/c1-14(6-10(15)17-2)11(16)8-5-7(12)3-4-9(8)13/h3-5H,6,13H2,1-2H3. The molecule has 0 aliphatic heterocycles. The Hall–Kier alpha value is -1.56. The van der Waals surface area contributed by atoms with E-state index in [4.69, 9.17) is 5.73 Å². The average molecular weight is 301 g/mol. The first kappa shape index (κ1) is 13.5. The van der Waals surface area contributed by atoms with E-state index in [2.05, 4.69) is 20.7 Å². The van der Waals surface area contributed by atoms with Crippen molar-refractivity contribution in [3.63, 3.8) is 0 Å². The third-order valence-corrected chi connectivity index (χ3v) is 2.68. The molecule has 0 radical (unpaired) electrons. The molecule has 0 bridgehead atoms. The molecule has 17 heavy (non-hydrogen) atoms. The summed E-state index contributed by atoms with van der Waals surface area (Å²) in [7, 11) is 2.79. The number of ether oxygens (including phenoxy) is 1. The van der Waals surface area contributed by atoms with Crippen molar-refractivity contribution in [2.45, 2.75) is 0 Å². The third kappa shape index (κ3) is 3.45. The van der Waals surface area contributed by atoms with Crippen LogP contribution < -0.4 is 5.73 Å². The first-order valence-corrected chi connectivity index (χ1v) is 5.62. The summed E-state index contributed by atoms with van der Waals surface area (Å²) in [5, 5.41) is 0. The minimum absolute atomic E-state index is 0.110. The number of rotatable bonds is 3. The number of nitrogens with zero attached hydrogens (tertiary/aromatic N) is 1. The Morgan fingerprint density at radius 1 is 1.47 bits per heavy atom. The minimum Gasteiger partial charge on any atom is -0.468 e. The van der Waals surface area contributed by atoms with Gasteiger partial charge in [0, 0.05) is 17.2 Å². The van der Waals surface area contributed by atoms with Crippen molar-refractivity contribution in [1.82, 2.24) is 4.90 Å². The van der Waals surface area contributed by atoms with Gasteiger partial charge in [0.25, 0.3) is 5.91 Å². The number of amides is 1. The molecule has 0 atom stereocenters. The molecule has 1 aromatic rings. The van der Waals surface area contributed by atoms with E-state index in [1.165, 1.54) is 19.1 Å². The van der Waals surface area contributed by atoms with Gasteiger partial charge in [0.1, 0.15) is 6.54 Å². The van der Waals surface area contributed by atoms with Gasteiger partial charge in [0.05, 0.1) is 12.7 Å². The molecule has 92 valence electrons. The number of benzene rings is 1. The van der Waals surface area contributed by atoms with Crippen LogP contribution in [-0.4, -0.2) is 37.5 Å². The number of carbonyl (C=O) groups excluding carboxylic acids is 2. The zero-order valence-electron chi connectivity index (χ0n) is 9.57. The Labute approximate surface area is 108 Å². The van der Waals surface area contributed by atoms with Crippen molar-refractivity contribution in [3.8, 4) is 0 Å². The summed E-state index contributed by atoms with van der Waals surface area (Å²) in [4.78, 5) is 24.3. The van der Waals surface area contributed by atoms with Gasteiger partial charge < -0.3 is 15.4 Å². The number of nitrogen functional groups attached to an aromatic ring is 1. The number of hydrogen-bond acceptors (Lipinski definition) is 4. The maximum atomic E-state index is 12.0. The quantitative estimate of drug-likeness (QED) is 0.674. The summed E-state index contributed by atoms with van der Waals surface area (Å²) in [5.41, 5.74) is 6.43. The van der Waals surface area contributed by atoms with E-state index in [1.807, 2.05) is 0 Å². The molecule has 1 amide bonds. The smallest absolute Gasteiger partial charge is 0.325 e. The number of hydrogen-bond donors (Lipinski definition) is 1. The highest BCUT2D eigenvalue weighted by molar-refractivity contribution is 9.10. The van der Waals surface area contributed by atoms with Crippen molar-refractivity contribution < 1.29 is 14.3 Å². The minimum atomic E-state index is -0.477. The lowest BCUT2D eigenvalue weighted by Crippen LogP contribution is -2.33. The molecule has 0 heterocycles. The fraction of sp³-hybridized carbons (Fsp3) is 0.273. The molecule has 0 spiro atoms. The topological polar surface area (TPSA) is 72.6 Å². The number of esters is 1. The van der Waals surface area contributed by atoms with Crippen molar-refractivity contribution in [1.29, 1.82) is 0 Å². The molecule has 5 nitrogen and oxygen atoms in total. The SMILES string of the molecule is COC(=O)CN(C)C(=O)c1cc(Br)ccc1N. The molecule has 0 unspecified atom stereocenters. The van der Waals surface area contributed by atoms with Crippen LogP contribution in [0.2, 0.25) is 0 Å². The second-order valence-electron chi connectivity index (χ2n) is 3.47. The monoisotopic (exact) mass is 300 g/mol. The highest BCUT2D eigenvalue weighted by Crippen LogP contribution is 2.19. The van der Waals surface area contributed by atoms with Crippen LogP contribution in [-0.2, 0) is 9.53 Å². The van der Waals surface area contributed by atoms with Crippen LogP contribution in [0.1, 0.15) is 10.4 Å². The predicted octanol–water partition coefficient (Wildman–Crippen LogP) is 1.28. The molecular weight excluding hydrogens is 288 g/mol. The van der Waals surface area contributed by atoms with Crippen molar-refractivity contribution >= 4 is 33.5 Å². The van der Waals surface area contributed by atoms with Gasteiger partial charge in [-0.15, -0.1) is 0 Å². The molecular formula is C11H13BrN2O3. The second kappa shape index (κ2) is 5.67. The molecule has 1 rings (SSSR count).